The van der Waals surface area contributed by atoms with Crippen LogP contribution < -0.4 is 0 Å². The molecular formula is C16H17N3O2S. The molecule has 3 aromatic rings. The van der Waals surface area contributed by atoms with Crippen LogP contribution in [0.5, 0.6) is 0 Å². The van der Waals surface area contributed by atoms with Crippen LogP contribution >= 0.6 is 0 Å². The number of aromatic amines is 1. The second-order valence-electron chi connectivity index (χ2n) is 5.44. The van der Waals surface area contributed by atoms with Crippen LogP contribution in [0.4, 0.5) is 0 Å². The highest BCUT2D eigenvalue weighted by Gasteiger charge is 2.22. The molecule has 0 aliphatic carbocycles. The first kappa shape index (κ1) is 14.7. The van der Waals surface area contributed by atoms with Crippen molar-refractivity contribution in [3.05, 3.63) is 54.1 Å². The monoisotopic (exact) mass is 315 g/mol. The highest BCUT2D eigenvalue weighted by atomic mass is 32.2. The lowest BCUT2D eigenvalue weighted by Gasteiger charge is -2.13. The van der Waals surface area contributed by atoms with E-state index in [0.717, 1.165) is 22.3 Å². The summed E-state index contributed by atoms with van der Waals surface area (Å²) in [5.74, 6) is 0. The SMILES string of the molecule is CC(C)S(=O)(=O)c1ccccc1Cc1ncnc2cc[nH]c12. The molecule has 22 heavy (non-hydrogen) atoms. The molecule has 0 spiro atoms. The van der Waals surface area contributed by atoms with Crippen molar-refractivity contribution in [3.63, 3.8) is 0 Å². The van der Waals surface area contributed by atoms with Gasteiger partial charge in [-0.05, 0) is 31.5 Å². The van der Waals surface area contributed by atoms with Gasteiger partial charge in [-0.3, -0.25) is 0 Å². The second-order valence-corrected chi connectivity index (χ2v) is 7.91. The maximum absolute atomic E-state index is 12.5. The molecule has 1 N–H and O–H groups in total. The lowest BCUT2D eigenvalue weighted by Crippen LogP contribution is -2.16. The zero-order valence-corrected chi connectivity index (χ0v) is 13.3. The van der Waals surface area contributed by atoms with Crippen LogP contribution in [0.25, 0.3) is 11.0 Å². The molecule has 2 heterocycles. The first-order chi connectivity index (χ1) is 10.5. The van der Waals surface area contributed by atoms with Crippen molar-refractivity contribution >= 4 is 20.9 Å². The summed E-state index contributed by atoms with van der Waals surface area (Å²) in [5, 5.41) is -0.454. The number of nitrogens with one attached hydrogen (secondary N) is 1. The highest BCUT2D eigenvalue weighted by Crippen LogP contribution is 2.24. The van der Waals surface area contributed by atoms with Crippen LogP contribution in [0.2, 0.25) is 0 Å². The smallest absolute Gasteiger partial charge is 0.180 e. The van der Waals surface area contributed by atoms with E-state index in [9.17, 15) is 8.42 Å². The number of H-pyrrole nitrogens is 1. The van der Waals surface area contributed by atoms with Gasteiger partial charge >= 0.3 is 0 Å². The minimum absolute atomic E-state index is 0.378. The third kappa shape index (κ3) is 2.50. The lowest BCUT2D eigenvalue weighted by atomic mass is 10.1. The number of nitrogens with zero attached hydrogens (tertiary/aromatic N) is 2. The highest BCUT2D eigenvalue weighted by molar-refractivity contribution is 7.92. The van der Waals surface area contributed by atoms with Crippen molar-refractivity contribution < 1.29 is 8.42 Å². The van der Waals surface area contributed by atoms with Gasteiger partial charge in [-0.2, -0.15) is 0 Å². The van der Waals surface area contributed by atoms with Gasteiger partial charge in [0.1, 0.15) is 6.33 Å². The van der Waals surface area contributed by atoms with E-state index in [2.05, 4.69) is 15.0 Å². The van der Waals surface area contributed by atoms with Gasteiger partial charge in [-0.1, -0.05) is 18.2 Å². The summed E-state index contributed by atoms with van der Waals surface area (Å²) in [5.41, 5.74) is 3.22. The summed E-state index contributed by atoms with van der Waals surface area (Å²) < 4.78 is 25.0. The summed E-state index contributed by atoms with van der Waals surface area (Å²) in [6.45, 7) is 3.39. The maximum atomic E-state index is 12.5. The molecule has 0 fully saturated rings. The van der Waals surface area contributed by atoms with Gasteiger partial charge in [0.25, 0.3) is 0 Å². The van der Waals surface area contributed by atoms with Crippen molar-refractivity contribution in [2.24, 2.45) is 0 Å². The first-order valence-corrected chi connectivity index (χ1v) is 8.63. The Morgan fingerprint density at radius 2 is 1.91 bits per heavy atom. The average Bonchev–Trinajstić information content (AvgIpc) is 2.97. The molecule has 2 aromatic heterocycles. The molecule has 3 rings (SSSR count). The average molecular weight is 315 g/mol. The zero-order chi connectivity index (χ0) is 15.7. The van der Waals surface area contributed by atoms with Crippen LogP contribution in [0.1, 0.15) is 25.1 Å². The van der Waals surface area contributed by atoms with E-state index in [1.165, 1.54) is 6.33 Å². The largest absolute Gasteiger partial charge is 0.358 e. The van der Waals surface area contributed by atoms with E-state index in [1.54, 1.807) is 32.2 Å². The molecule has 0 aliphatic heterocycles. The first-order valence-electron chi connectivity index (χ1n) is 7.09. The van der Waals surface area contributed by atoms with Crippen LogP contribution in [-0.4, -0.2) is 28.6 Å². The van der Waals surface area contributed by atoms with E-state index in [4.69, 9.17) is 0 Å². The minimum Gasteiger partial charge on any atom is -0.358 e. The fourth-order valence-electron chi connectivity index (χ4n) is 2.42. The molecule has 0 aliphatic rings. The van der Waals surface area contributed by atoms with Gasteiger partial charge < -0.3 is 4.98 Å². The Hall–Kier alpha value is -2.21. The Morgan fingerprint density at radius 3 is 2.68 bits per heavy atom. The van der Waals surface area contributed by atoms with Gasteiger partial charge in [-0.15, -0.1) is 0 Å². The fourth-order valence-corrected chi connectivity index (χ4v) is 3.70. The molecule has 6 heteroatoms. The topological polar surface area (TPSA) is 75.7 Å². The molecular weight excluding hydrogens is 298 g/mol. The number of aromatic nitrogens is 3. The van der Waals surface area contributed by atoms with Crippen molar-refractivity contribution in [1.82, 2.24) is 15.0 Å². The normalized spacial score (nSPS) is 12.1. The van der Waals surface area contributed by atoms with Crippen molar-refractivity contribution in [2.45, 2.75) is 30.4 Å². The predicted molar refractivity (Wildman–Crippen MR) is 85.5 cm³/mol. The fraction of sp³-hybridized carbons (Fsp3) is 0.250. The number of hydrogen-bond acceptors (Lipinski definition) is 4. The van der Waals surface area contributed by atoms with Gasteiger partial charge in [0.15, 0.2) is 9.84 Å². The molecule has 0 atom stereocenters. The zero-order valence-electron chi connectivity index (χ0n) is 12.4. The molecule has 1 aromatic carbocycles. The van der Waals surface area contributed by atoms with Crippen LogP contribution in [0, 0.1) is 0 Å². The number of hydrogen-bond donors (Lipinski definition) is 1. The molecule has 0 saturated heterocycles. The number of rotatable bonds is 4. The molecule has 5 nitrogen and oxygen atoms in total. The quantitative estimate of drug-likeness (QED) is 0.803. The Labute approximate surface area is 129 Å². The summed E-state index contributed by atoms with van der Waals surface area (Å²) >= 11 is 0. The van der Waals surface area contributed by atoms with E-state index in [0.29, 0.717) is 11.3 Å². The molecule has 0 bridgehead atoms. The molecule has 0 amide bonds. The van der Waals surface area contributed by atoms with Crippen molar-refractivity contribution in [3.8, 4) is 0 Å². The molecule has 114 valence electrons. The molecule has 0 radical (unpaired) electrons. The number of benzene rings is 1. The van der Waals surface area contributed by atoms with E-state index >= 15 is 0 Å². The van der Waals surface area contributed by atoms with Gasteiger partial charge in [-0.25, -0.2) is 18.4 Å². The van der Waals surface area contributed by atoms with E-state index in [-0.39, 0.29) is 0 Å². The van der Waals surface area contributed by atoms with E-state index in [1.807, 2.05) is 18.2 Å². The van der Waals surface area contributed by atoms with Crippen LogP contribution in [0.15, 0.2) is 47.8 Å². The third-order valence-electron chi connectivity index (χ3n) is 3.68. The maximum Gasteiger partial charge on any atom is 0.180 e. The summed E-state index contributed by atoms with van der Waals surface area (Å²) in [4.78, 5) is 12.0. The standard InChI is InChI=1S/C16H17N3O2S/c1-11(2)22(20,21)15-6-4-3-5-12(15)9-14-16-13(7-8-17-16)18-10-19-14/h3-8,10-11,17H,9H2,1-2H3. The van der Waals surface area contributed by atoms with Gasteiger partial charge in [0.2, 0.25) is 0 Å². The van der Waals surface area contributed by atoms with Crippen LogP contribution in [-0.2, 0) is 16.3 Å². The Bertz CT molecular complexity index is 914. The molecule has 0 saturated carbocycles. The van der Waals surface area contributed by atoms with Gasteiger partial charge in [0, 0.05) is 12.6 Å². The third-order valence-corrected chi connectivity index (χ3v) is 5.93. The summed E-state index contributed by atoms with van der Waals surface area (Å²) in [7, 11) is -3.32. The number of fused-ring (bicyclic) bond motifs is 1. The lowest BCUT2D eigenvalue weighted by molar-refractivity contribution is 0.586. The minimum atomic E-state index is -3.32. The Balaban J connectivity index is 2.09. The summed E-state index contributed by atoms with van der Waals surface area (Å²) in [6, 6.07) is 8.98. The predicted octanol–water partition coefficient (Wildman–Crippen LogP) is 2.73. The van der Waals surface area contributed by atoms with Crippen LogP contribution in [0.3, 0.4) is 0 Å². The summed E-state index contributed by atoms with van der Waals surface area (Å²) in [6.07, 6.45) is 3.76. The van der Waals surface area contributed by atoms with Gasteiger partial charge in [0.05, 0.1) is 26.9 Å². The van der Waals surface area contributed by atoms with Crippen molar-refractivity contribution in [1.29, 1.82) is 0 Å². The Morgan fingerprint density at radius 1 is 1.14 bits per heavy atom. The Kier molecular flexibility index (Phi) is 3.70. The number of sulfone groups is 1. The van der Waals surface area contributed by atoms with Crippen molar-refractivity contribution in [2.75, 3.05) is 0 Å². The second kappa shape index (κ2) is 5.53. The van der Waals surface area contributed by atoms with E-state index < -0.39 is 15.1 Å². The molecule has 0 unspecified atom stereocenters.